The van der Waals surface area contributed by atoms with Gasteiger partial charge >= 0.3 is 0 Å². The van der Waals surface area contributed by atoms with Crippen molar-refractivity contribution in [2.45, 2.75) is 32.2 Å². The Kier molecular flexibility index (Phi) is 2.40. The van der Waals surface area contributed by atoms with Crippen LogP contribution in [0.5, 0.6) is 17.2 Å². The van der Waals surface area contributed by atoms with Crippen LogP contribution in [0.4, 0.5) is 0 Å². The molecule has 0 spiro atoms. The third kappa shape index (κ3) is 1.55. The van der Waals surface area contributed by atoms with E-state index in [0.29, 0.717) is 19.0 Å². The van der Waals surface area contributed by atoms with E-state index >= 15 is 0 Å². The Labute approximate surface area is 100 Å². The van der Waals surface area contributed by atoms with Crippen LogP contribution in [0, 0.1) is 0 Å². The summed E-state index contributed by atoms with van der Waals surface area (Å²) in [6.45, 7) is 3.26. The molecular formula is C13H17NO3. The van der Waals surface area contributed by atoms with Crippen LogP contribution < -0.4 is 15.2 Å². The zero-order chi connectivity index (χ0) is 12.0. The number of ether oxygens (including phenoxy) is 2. The van der Waals surface area contributed by atoms with Crippen molar-refractivity contribution in [1.29, 1.82) is 0 Å². The van der Waals surface area contributed by atoms with Crippen molar-refractivity contribution >= 4 is 0 Å². The van der Waals surface area contributed by atoms with E-state index < -0.39 is 0 Å². The van der Waals surface area contributed by atoms with Gasteiger partial charge in [0.15, 0.2) is 11.5 Å². The van der Waals surface area contributed by atoms with Crippen molar-refractivity contribution in [1.82, 2.24) is 0 Å². The summed E-state index contributed by atoms with van der Waals surface area (Å²) in [5, 5.41) is 10.2. The maximum Gasteiger partial charge on any atom is 0.165 e. The summed E-state index contributed by atoms with van der Waals surface area (Å²) in [7, 11) is 0. The molecule has 0 amide bonds. The fourth-order valence-corrected chi connectivity index (χ4v) is 2.72. The monoisotopic (exact) mass is 235 g/mol. The van der Waals surface area contributed by atoms with Crippen molar-refractivity contribution < 1.29 is 14.6 Å². The predicted molar refractivity (Wildman–Crippen MR) is 63.9 cm³/mol. The van der Waals surface area contributed by atoms with E-state index in [1.807, 2.05) is 6.92 Å². The Morgan fingerprint density at radius 1 is 1.18 bits per heavy atom. The zero-order valence-corrected chi connectivity index (χ0v) is 9.95. The summed E-state index contributed by atoms with van der Waals surface area (Å²) in [5.74, 6) is 1.78. The largest absolute Gasteiger partial charge is 0.504 e. The molecule has 0 saturated heterocycles. The van der Waals surface area contributed by atoms with Crippen LogP contribution in [0.3, 0.4) is 0 Å². The third-order valence-electron chi connectivity index (χ3n) is 3.41. The molecule has 92 valence electrons. The molecule has 4 heteroatoms. The summed E-state index contributed by atoms with van der Waals surface area (Å²) < 4.78 is 11.2. The van der Waals surface area contributed by atoms with Crippen LogP contribution in [0.25, 0.3) is 0 Å². The van der Waals surface area contributed by atoms with Gasteiger partial charge in [0.1, 0.15) is 5.75 Å². The maximum atomic E-state index is 10.2. The highest BCUT2D eigenvalue weighted by Gasteiger charge is 2.31. The molecule has 2 aliphatic rings. The van der Waals surface area contributed by atoms with Gasteiger partial charge < -0.3 is 20.3 Å². The molecule has 1 atom stereocenters. The normalized spacial score (nSPS) is 18.2. The van der Waals surface area contributed by atoms with Gasteiger partial charge in [0, 0.05) is 35.6 Å². The van der Waals surface area contributed by atoms with E-state index in [-0.39, 0.29) is 11.8 Å². The van der Waals surface area contributed by atoms with Crippen molar-refractivity contribution in [3.05, 3.63) is 16.7 Å². The third-order valence-corrected chi connectivity index (χ3v) is 3.41. The molecular weight excluding hydrogens is 218 g/mol. The molecule has 0 bridgehead atoms. The lowest BCUT2D eigenvalue weighted by molar-refractivity contribution is 0.333. The molecule has 1 unspecified atom stereocenters. The lowest BCUT2D eigenvalue weighted by atomic mass is 9.94. The minimum atomic E-state index is 0.0811. The molecule has 0 aromatic heterocycles. The number of rotatable bonds is 2. The van der Waals surface area contributed by atoms with Crippen molar-refractivity contribution in [2.24, 2.45) is 5.73 Å². The van der Waals surface area contributed by atoms with Gasteiger partial charge in [-0.2, -0.15) is 0 Å². The van der Waals surface area contributed by atoms with E-state index in [0.717, 1.165) is 41.7 Å². The Bertz CT molecular complexity index is 433. The van der Waals surface area contributed by atoms with Gasteiger partial charge in [0.25, 0.3) is 0 Å². The number of phenolic OH excluding ortho intramolecular Hbond substituents is 1. The van der Waals surface area contributed by atoms with Gasteiger partial charge in [0.2, 0.25) is 0 Å². The molecule has 1 aromatic carbocycles. The molecule has 3 rings (SSSR count). The highest BCUT2D eigenvalue weighted by Crippen LogP contribution is 2.48. The number of benzene rings is 1. The van der Waals surface area contributed by atoms with Crippen molar-refractivity contribution in [3.63, 3.8) is 0 Å². The lowest BCUT2D eigenvalue weighted by Crippen LogP contribution is -2.19. The second-order valence-corrected chi connectivity index (χ2v) is 4.82. The van der Waals surface area contributed by atoms with Gasteiger partial charge in [-0.05, 0) is 13.3 Å². The first-order valence-electron chi connectivity index (χ1n) is 6.09. The molecule has 0 fully saturated rings. The van der Waals surface area contributed by atoms with Crippen LogP contribution >= 0.6 is 0 Å². The summed E-state index contributed by atoms with van der Waals surface area (Å²) in [4.78, 5) is 0. The Balaban J connectivity index is 2.19. The van der Waals surface area contributed by atoms with Crippen LogP contribution in [-0.4, -0.2) is 24.4 Å². The van der Waals surface area contributed by atoms with Gasteiger partial charge in [-0.15, -0.1) is 0 Å². The second-order valence-electron chi connectivity index (χ2n) is 4.82. The van der Waals surface area contributed by atoms with Crippen LogP contribution in [0.1, 0.15) is 23.6 Å². The second kappa shape index (κ2) is 3.81. The molecule has 2 heterocycles. The number of phenols is 1. The smallest absolute Gasteiger partial charge is 0.165 e. The van der Waals surface area contributed by atoms with Crippen molar-refractivity contribution in [3.8, 4) is 17.2 Å². The summed E-state index contributed by atoms with van der Waals surface area (Å²) in [6.07, 6.45) is 2.36. The molecule has 2 aliphatic heterocycles. The first-order chi connectivity index (χ1) is 8.18. The topological polar surface area (TPSA) is 64.7 Å². The maximum absolute atomic E-state index is 10.2. The molecule has 17 heavy (non-hydrogen) atoms. The van der Waals surface area contributed by atoms with Gasteiger partial charge in [-0.1, -0.05) is 0 Å². The number of hydrogen-bond acceptors (Lipinski definition) is 4. The van der Waals surface area contributed by atoms with E-state index in [2.05, 4.69) is 0 Å². The highest BCUT2D eigenvalue weighted by atomic mass is 16.5. The quantitative estimate of drug-likeness (QED) is 0.807. The van der Waals surface area contributed by atoms with E-state index in [1.54, 1.807) is 0 Å². The summed E-state index contributed by atoms with van der Waals surface area (Å²) in [5.41, 5.74) is 9.00. The standard InChI is InChI=1S/C13H17NO3/c1-7(14)6-10-8-2-4-17-13(8)11(15)9-3-5-16-12(9)10/h7,15H,2-6,14H2,1H3. The SMILES string of the molecule is CC(N)Cc1c2c(c(O)c3c1OCC3)OCC2. The fourth-order valence-electron chi connectivity index (χ4n) is 2.72. The van der Waals surface area contributed by atoms with Crippen molar-refractivity contribution in [2.75, 3.05) is 13.2 Å². The molecule has 4 nitrogen and oxygen atoms in total. The van der Waals surface area contributed by atoms with Crippen LogP contribution in [0.15, 0.2) is 0 Å². The minimum Gasteiger partial charge on any atom is -0.504 e. The molecule has 0 saturated carbocycles. The lowest BCUT2D eigenvalue weighted by Gasteiger charge is -2.16. The van der Waals surface area contributed by atoms with E-state index in [1.165, 1.54) is 0 Å². The summed E-state index contributed by atoms with van der Waals surface area (Å²) >= 11 is 0. The average molecular weight is 235 g/mol. The summed E-state index contributed by atoms with van der Waals surface area (Å²) in [6, 6.07) is 0.0811. The average Bonchev–Trinajstić information content (AvgIpc) is 2.92. The van der Waals surface area contributed by atoms with Gasteiger partial charge in [-0.25, -0.2) is 0 Å². The first kappa shape index (κ1) is 10.7. The first-order valence-corrected chi connectivity index (χ1v) is 6.09. The van der Waals surface area contributed by atoms with Crippen LogP contribution in [-0.2, 0) is 19.3 Å². The Hall–Kier alpha value is -1.42. The number of nitrogens with two attached hydrogens (primary N) is 1. The highest BCUT2D eigenvalue weighted by molar-refractivity contribution is 5.65. The zero-order valence-electron chi connectivity index (χ0n) is 9.95. The molecule has 3 N–H and O–H groups in total. The van der Waals surface area contributed by atoms with Crippen LogP contribution in [0.2, 0.25) is 0 Å². The molecule has 0 radical (unpaired) electrons. The van der Waals surface area contributed by atoms with E-state index in [4.69, 9.17) is 15.2 Å². The van der Waals surface area contributed by atoms with E-state index in [9.17, 15) is 5.11 Å². The minimum absolute atomic E-state index is 0.0811. The van der Waals surface area contributed by atoms with Gasteiger partial charge in [0.05, 0.1) is 13.2 Å². The predicted octanol–water partition coefficient (Wildman–Crippen LogP) is 1.15. The Morgan fingerprint density at radius 3 is 2.53 bits per heavy atom. The molecule has 1 aromatic rings. The number of aromatic hydroxyl groups is 1. The Morgan fingerprint density at radius 2 is 1.82 bits per heavy atom. The fraction of sp³-hybridized carbons (Fsp3) is 0.538. The number of hydrogen-bond donors (Lipinski definition) is 2. The van der Waals surface area contributed by atoms with Gasteiger partial charge in [-0.3, -0.25) is 0 Å². The molecule has 0 aliphatic carbocycles. The number of fused-ring (bicyclic) bond motifs is 2.